The highest BCUT2D eigenvalue weighted by molar-refractivity contribution is 7.97. The Bertz CT molecular complexity index is 1470. The van der Waals surface area contributed by atoms with Crippen LogP contribution in [0.3, 0.4) is 0 Å². The number of nitrogens with one attached hydrogen (secondary N) is 3. The monoisotopic (exact) mass is 587 g/mol. The molecule has 9 nitrogen and oxygen atoms in total. The maximum absolute atomic E-state index is 13.6. The Labute approximate surface area is 252 Å². The fraction of sp³-hybridized carbons (Fsp3) is 0.469. The minimum atomic E-state index is -0.185. The maximum Gasteiger partial charge on any atom is 0.265 e. The largest absolute Gasteiger partial charge is 0.362 e. The predicted octanol–water partition coefficient (Wildman–Crippen LogP) is 5.79. The van der Waals surface area contributed by atoms with Crippen molar-refractivity contribution in [2.75, 3.05) is 16.8 Å². The highest BCUT2D eigenvalue weighted by atomic mass is 32.2. The van der Waals surface area contributed by atoms with E-state index in [-0.39, 0.29) is 28.8 Å². The molecule has 2 aliphatic heterocycles. The molecule has 0 aliphatic carbocycles. The molecule has 42 heavy (non-hydrogen) atoms. The third-order valence-corrected chi connectivity index (χ3v) is 8.69. The number of carbonyl (C=O) groups is 2. The molecule has 5 heterocycles. The number of carbonyl (C=O) groups excluding carboxylic acids is 2. The SMILES string of the molecule is CC(=O)NCc1cccc([C@H]2CC[C@@H]3CN(c4nc(C(C)(C)C)ccc4C(=O)NSc4cccc(n4)N2)C(C)(C)C3)n1. The summed E-state index contributed by atoms with van der Waals surface area (Å²) in [5.41, 5.74) is 2.94. The van der Waals surface area contributed by atoms with Gasteiger partial charge in [0.15, 0.2) is 0 Å². The van der Waals surface area contributed by atoms with Gasteiger partial charge in [0.05, 0.1) is 29.5 Å². The highest BCUT2D eigenvalue weighted by Gasteiger charge is 2.41. The minimum absolute atomic E-state index is 0.0789. The van der Waals surface area contributed by atoms with Gasteiger partial charge in [0.2, 0.25) is 5.91 Å². The van der Waals surface area contributed by atoms with Gasteiger partial charge in [0, 0.05) is 42.1 Å². The van der Waals surface area contributed by atoms with Gasteiger partial charge in [0.25, 0.3) is 5.91 Å². The first-order valence-corrected chi connectivity index (χ1v) is 15.4. The lowest BCUT2D eigenvalue weighted by atomic mass is 9.90. The van der Waals surface area contributed by atoms with E-state index in [1.54, 1.807) is 0 Å². The molecule has 1 fully saturated rings. The van der Waals surface area contributed by atoms with Crippen LogP contribution in [0.25, 0.3) is 0 Å². The zero-order valence-corrected chi connectivity index (χ0v) is 26.1. The van der Waals surface area contributed by atoms with E-state index in [0.717, 1.165) is 48.7 Å². The van der Waals surface area contributed by atoms with Crippen LogP contribution in [0.1, 0.15) is 94.3 Å². The van der Waals surface area contributed by atoms with Gasteiger partial charge in [-0.1, -0.05) is 32.9 Å². The van der Waals surface area contributed by atoms with E-state index >= 15 is 0 Å². The fourth-order valence-electron chi connectivity index (χ4n) is 5.79. The second kappa shape index (κ2) is 11.9. The normalized spacial score (nSPS) is 20.4. The molecule has 0 radical (unpaired) electrons. The lowest BCUT2D eigenvalue weighted by Crippen LogP contribution is -2.40. The van der Waals surface area contributed by atoms with Gasteiger partial charge >= 0.3 is 0 Å². The number of aromatic nitrogens is 3. The lowest BCUT2D eigenvalue weighted by Gasteiger charge is -2.34. The molecule has 3 aromatic rings. The molecule has 2 atom stereocenters. The second-order valence-corrected chi connectivity index (χ2v) is 13.8. The number of nitrogens with zero attached hydrogens (tertiary/aromatic N) is 4. The topological polar surface area (TPSA) is 112 Å². The first kappa shape index (κ1) is 29.8. The summed E-state index contributed by atoms with van der Waals surface area (Å²) in [4.78, 5) is 42.2. The van der Waals surface area contributed by atoms with Crippen LogP contribution in [0, 0.1) is 5.92 Å². The van der Waals surface area contributed by atoms with Crippen LogP contribution in [0.4, 0.5) is 11.6 Å². The molecule has 5 rings (SSSR count). The summed E-state index contributed by atoms with van der Waals surface area (Å²) in [6.07, 6.45) is 2.80. The first-order chi connectivity index (χ1) is 19.9. The van der Waals surface area contributed by atoms with Crippen molar-refractivity contribution in [1.29, 1.82) is 0 Å². The van der Waals surface area contributed by atoms with Crippen LogP contribution in [0.5, 0.6) is 0 Å². The molecular weight excluding hydrogens is 546 g/mol. The first-order valence-electron chi connectivity index (χ1n) is 14.6. The zero-order valence-electron chi connectivity index (χ0n) is 25.3. The Morgan fingerprint density at radius 2 is 1.86 bits per heavy atom. The number of pyridine rings is 3. The smallest absolute Gasteiger partial charge is 0.265 e. The number of hydrogen-bond acceptors (Lipinski definition) is 8. The Balaban J connectivity index is 1.52. The summed E-state index contributed by atoms with van der Waals surface area (Å²) in [7, 11) is 0. The third kappa shape index (κ3) is 6.86. The van der Waals surface area contributed by atoms with Crippen molar-refractivity contribution in [2.24, 2.45) is 5.92 Å². The van der Waals surface area contributed by atoms with E-state index in [9.17, 15) is 9.59 Å². The molecule has 4 bridgehead atoms. The lowest BCUT2D eigenvalue weighted by molar-refractivity contribution is -0.119. The van der Waals surface area contributed by atoms with Gasteiger partial charge < -0.3 is 15.5 Å². The van der Waals surface area contributed by atoms with Crippen LogP contribution in [0.15, 0.2) is 53.6 Å². The van der Waals surface area contributed by atoms with Gasteiger partial charge in [0.1, 0.15) is 16.7 Å². The second-order valence-electron chi connectivity index (χ2n) is 12.9. The van der Waals surface area contributed by atoms with Gasteiger partial charge in [-0.3, -0.25) is 19.3 Å². The minimum Gasteiger partial charge on any atom is -0.362 e. The van der Waals surface area contributed by atoms with E-state index in [2.05, 4.69) is 54.9 Å². The Hall–Kier alpha value is -3.66. The summed E-state index contributed by atoms with van der Waals surface area (Å²) in [5, 5.41) is 7.14. The summed E-state index contributed by atoms with van der Waals surface area (Å²) in [6, 6.07) is 15.5. The Morgan fingerprint density at radius 3 is 2.62 bits per heavy atom. The zero-order chi connectivity index (χ0) is 30.1. The van der Waals surface area contributed by atoms with Crippen LogP contribution >= 0.6 is 11.9 Å². The molecule has 0 aromatic carbocycles. The van der Waals surface area contributed by atoms with Gasteiger partial charge in [-0.15, -0.1) is 0 Å². The van der Waals surface area contributed by atoms with Crippen molar-refractivity contribution in [3.63, 3.8) is 0 Å². The van der Waals surface area contributed by atoms with Crippen LogP contribution in [0.2, 0.25) is 0 Å². The van der Waals surface area contributed by atoms with Gasteiger partial charge in [-0.05, 0) is 75.4 Å². The highest BCUT2D eigenvalue weighted by Crippen LogP contribution is 2.41. The van der Waals surface area contributed by atoms with E-state index in [0.29, 0.717) is 28.9 Å². The summed E-state index contributed by atoms with van der Waals surface area (Å²) in [6.45, 7) is 13.6. The summed E-state index contributed by atoms with van der Waals surface area (Å²) in [5.74, 6) is 1.59. The van der Waals surface area contributed by atoms with Crippen LogP contribution < -0.4 is 20.3 Å². The van der Waals surface area contributed by atoms with E-state index in [1.165, 1.54) is 18.9 Å². The van der Waals surface area contributed by atoms with E-state index < -0.39 is 0 Å². The molecule has 0 saturated carbocycles. The molecular formula is C32H41N7O2S. The number of hydrogen-bond donors (Lipinski definition) is 3. The Morgan fingerprint density at radius 1 is 1.07 bits per heavy atom. The van der Waals surface area contributed by atoms with E-state index in [4.69, 9.17) is 15.0 Å². The van der Waals surface area contributed by atoms with Crippen molar-refractivity contribution in [2.45, 2.75) is 89.4 Å². The molecule has 3 N–H and O–H groups in total. The molecule has 2 amide bonds. The standard InChI is InChI=1S/C32H41N7O2S/c1-20(40)33-18-22-9-7-10-24(34-22)25-15-13-21-17-32(5,6)39(19-21)29-23(14-16-26(36-29)31(2,3)4)30(41)38-42-28-12-8-11-27(35-25)37-28/h7-12,14,16,21,25H,13,15,17-19H2,1-6H3,(H,33,40)(H,35,37)(H,38,41)/t21-,25+/m0/s1. The van der Waals surface area contributed by atoms with Crippen molar-refractivity contribution in [3.8, 4) is 0 Å². The number of rotatable bonds is 3. The average Bonchev–Trinajstić information content (AvgIpc) is 3.25. The molecule has 0 unspecified atom stereocenters. The van der Waals surface area contributed by atoms with Crippen molar-refractivity contribution >= 4 is 35.4 Å². The fourth-order valence-corrected chi connectivity index (χ4v) is 6.39. The van der Waals surface area contributed by atoms with E-state index in [1.807, 2.05) is 48.5 Å². The number of fused-ring (bicyclic) bond motifs is 6. The van der Waals surface area contributed by atoms with Crippen LogP contribution in [-0.4, -0.2) is 38.8 Å². The maximum atomic E-state index is 13.6. The average molecular weight is 588 g/mol. The molecule has 222 valence electrons. The summed E-state index contributed by atoms with van der Waals surface area (Å²) < 4.78 is 3.01. The van der Waals surface area contributed by atoms with Crippen molar-refractivity contribution in [3.05, 3.63) is 71.2 Å². The molecule has 1 saturated heterocycles. The van der Waals surface area contributed by atoms with Gasteiger partial charge in [-0.2, -0.15) is 0 Å². The van der Waals surface area contributed by atoms with Gasteiger partial charge in [-0.25, -0.2) is 9.97 Å². The molecule has 2 aliphatic rings. The van der Waals surface area contributed by atoms with Crippen LogP contribution in [-0.2, 0) is 16.8 Å². The third-order valence-electron chi connectivity index (χ3n) is 7.96. The number of amides is 2. The van der Waals surface area contributed by atoms with Crippen molar-refractivity contribution < 1.29 is 9.59 Å². The molecule has 10 heteroatoms. The summed E-state index contributed by atoms with van der Waals surface area (Å²) >= 11 is 1.20. The Kier molecular flexibility index (Phi) is 8.46. The predicted molar refractivity (Wildman–Crippen MR) is 167 cm³/mol. The quantitative estimate of drug-likeness (QED) is 0.330. The molecule has 0 spiro atoms. The number of anilines is 2. The van der Waals surface area contributed by atoms with Crippen molar-refractivity contribution in [1.82, 2.24) is 25.0 Å². The molecule has 3 aromatic heterocycles.